The van der Waals surface area contributed by atoms with Crippen LogP contribution >= 0.6 is 0 Å². The highest BCUT2D eigenvalue weighted by Crippen LogP contribution is 2.19. The summed E-state index contributed by atoms with van der Waals surface area (Å²) in [5.41, 5.74) is 0. The van der Waals surface area contributed by atoms with E-state index in [-0.39, 0.29) is 6.10 Å². The van der Waals surface area contributed by atoms with Crippen LogP contribution in [0.2, 0.25) is 0 Å². The molecular formula is C13H24N4O2. The molecule has 6 nitrogen and oxygen atoms in total. The van der Waals surface area contributed by atoms with E-state index in [2.05, 4.69) is 41.3 Å². The molecule has 6 heteroatoms. The molecule has 2 atom stereocenters. The van der Waals surface area contributed by atoms with Crippen molar-refractivity contribution in [3.8, 4) is 0 Å². The average molecular weight is 268 g/mol. The minimum atomic E-state index is -0.0533. The SMILES string of the molecule is CCNC(C)CCc1nc(C2CN(C)CCO2)no1. The van der Waals surface area contributed by atoms with E-state index in [9.17, 15) is 0 Å². The van der Waals surface area contributed by atoms with Crippen molar-refractivity contribution in [1.82, 2.24) is 20.4 Å². The number of nitrogens with zero attached hydrogens (tertiary/aromatic N) is 3. The lowest BCUT2D eigenvalue weighted by molar-refractivity contribution is -0.0264. The third kappa shape index (κ3) is 4.26. The normalized spacial score (nSPS) is 22.6. The molecule has 2 unspecified atom stereocenters. The van der Waals surface area contributed by atoms with Crippen molar-refractivity contribution < 1.29 is 9.26 Å². The van der Waals surface area contributed by atoms with Crippen LogP contribution in [0.3, 0.4) is 0 Å². The van der Waals surface area contributed by atoms with Crippen molar-refractivity contribution in [3.05, 3.63) is 11.7 Å². The van der Waals surface area contributed by atoms with Crippen LogP contribution in [0.25, 0.3) is 0 Å². The highest BCUT2D eigenvalue weighted by atomic mass is 16.5. The summed E-state index contributed by atoms with van der Waals surface area (Å²) in [7, 11) is 2.08. The zero-order valence-corrected chi connectivity index (χ0v) is 12.1. The molecule has 0 amide bonds. The van der Waals surface area contributed by atoms with Crippen LogP contribution in [0.15, 0.2) is 4.52 Å². The Labute approximate surface area is 114 Å². The van der Waals surface area contributed by atoms with Crippen LogP contribution in [0.5, 0.6) is 0 Å². The van der Waals surface area contributed by atoms with E-state index in [1.165, 1.54) is 0 Å². The molecule has 0 saturated carbocycles. The Kier molecular flexibility index (Phi) is 5.30. The highest BCUT2D eigenvalue weighted by Gasteiger charge is 2.24. The Bertz CT molecular complexity index is 382. The van der Waals surface area contributed by atoms with E-state index < -0.39 is 0 Å². The van der Waals surface area contributed by atoms with Crippen molar-refractivity contribution in [2.75, 3.05) is 33.3 Å². The lowest BCUT2D eigenvalue weighted by Gasteiger charge is -2.27. The van der Waals surface area contributed by atoms with Gasteiger partial charge in [0.25, 0.3) is 0 Å². The molecule has 2 heterocycles. The molecule has 1 aromatic rings. The fourth-order valence-corrected chi connectivity index (χ4v) is 2.22. The second kappa shape index (κ2) is 6.98. The molecular weight excluding hydrogens is 244 g/mol. The van der Waals surface area contributed by atoms with Gasteiger partial charge in [0.15, 0.2) is 0 Å². The van der Waals surface area contributed by atoms with E-state index in [0.29, 0.717) is 17.8 Å². The number of rotatable bonds is 6. The first-order valence-corrected chi connectivity index (χ1v) is 7.05. The molecule has 0 bridgehead atoms. The number of aryl methyl sites for hydroxylation is 1. The molecule has 0 radical (unpaired) electrons. The van der Waals surface area contributed by atoms with Crippen LogP contribution in [0, 0.1) is 0 Å². The topological polar surface area (TPSA) is 63.4 Å². The quantitative estimate of drug-likeness (QED) is 0.830. The smallest absolute Gasteiger partial charge is 0.226 e. The van der Waals surface area contributed by atoms with Gasteiger partial charge in [0, 0.05) is 25.6 Å². The van der Waals surface area contributed by atoms with Gasteiger partial charge in [0.2, 0.25) is 11.7 Å². The molecule has 108 valence electrons. The number of morpholine rings is 1. The van der Waals surface area contributed by atoms with Crippen molar-refractivity contribution >= 4 is 0 Å². The molecule has 0 aromatic carbocycles. The van der Waals surface area contributed by atoms with Gasteiger partial charge in [0.1, 0.15) is 6.10 Å². The first kappa shape index (κ1) is 14.4. The number of likely N-dealkylation sites (N-methyl/N-ethyl adjacent to an activating group) is 1. The number of aromatic nitrogens is 2. The Morgan fingerprint density at radius 1 is 1.53 bits per heavy atom. The van der Waals surface area contributed by atoms with Gasteiger partial charge in [-0.1, -0.05) is 12.1 Å². The van der Waals surface area contributed by atoms with Gasteiger partial charge in [-0.2, -0.15) is 4.98 Å². The number of hydrogen-bond acceptors (Lipinski definition) is 6. The minimum absolute atomic E-state index is 0.0533. The van der Waals surface area contributed by atoms with Gasteiger partial charge < -0.3 is 19.5 Å². The number of ether oxygens (including phenoxy) is 1. The third-order valence-corrected chi connectivity index (χ3v) is 3.39. The maximum atomic E-state index is 5.67. The van der Waals surface area contributed by atoms with E-state index in [0.717, 1.165) is 39.1 Å². The predicted molar refractivity (Wildman–Crippen MR) is 71.9 cm³/mol. The Balaban J connectivity index is 1.84. The van der Waals surface area contributed by atoms with Crippen molar-refractivity contribution in [3.63, 3.8) is 0 Å². The van der Waals surface area contributed by atoms with E-state index in [1.54, 1.807) is 0 Å². The van der Waals surface area contributed by atoms with Crippen LogP contribution < -0.4 is 5.32 Å². The maximum Gasteiger partial charge on any atom is 0.226 e. The molecule has 1 aliphatic rings. The monoisotopic (exact) mass is 268 g/mol. The highest BCUT2D eigenvalue weighted by molar-refractivity contribution is 4.94. The molecule has 1 fully saturated rings. The largest absolute Gasteiger partial charge is 0.367 e. The Hall–Kier alpha value is -0.980. The zero-order valence-electron chi connectivity index (χ0n) is 12.1. The molecule has 1 N–H and O–H groups in total. The number of hydrogen-bond donors (Lipinski definition) is 1. The van der Waals surface area contributed by atoms with Gasteiger partial charge in [-0.3, -0.25) is 0 Å². The summed E-state index contributed by atoms with van der Waals surface area (Å²) in [6.45, 7) is 7.77. The molecule has 1 aromatic heterocycles. The lowest BCUT2D eigenvalue weighted by atomic mass is 10.2. The molecule has 1 aliphatic heterocycles. The van der Waals surface area contributed by atoms with Crippen molar-refractivity contribution in [1.29, 1.82) is 0 Å². The molecule has 2 rings (SSSR count). The van der Waals surface area contributed by atoms with E-state index in [1.807, 2.05) is 0 Å². The second-order valence-electron chi connectivity index (χ2n) is 5.17. The minimum Gasteiger partial charge on any atom is -0.367 e. The molecule has 1 saturated heterocycles. The first-order valence-electron chi connectivity index (χ1n) is 7.05. The molecule has 19 heavy (non-hydrogen) atoms. The Morgan fingerprint density at radius 3 is 3.11 bits per heavy atom. The first-order chi connectivity index (χ1) is 9.19. The van der Waals surface area contributed by atoms with Gasteiger partial charge in [-0.05, 0) is 26.9 Å². The summed E-state index contributed by atoms with van der Waals surface area (Å²) in [5.74, 6) is 1.38. The summed E-state index contributed by atoms with van der Waals surface area (Å²) in [4.78, 5) is 6.66. The van der Waals surface area contributed by atoms with Gasteiger partial charge in [0.05, 0.1) is 6.61 Å². The summed E-state index contributed by atoms with van der Waals surface area (Å²) < 4.78 is 11.0. The summed E-state index contributed by atoms with van der Waals surface area (Å²) in [5, 5.41) is 7.41. The van der Waals surface area contributed by atoms with Crippen molar-refractivity contribution in [2.45, 2.75) is 38.8 Å². The fourth-order valence-electron chi connectivity index (χ4n) is 2.22. The van der Waals surface area contributed by atoms with Crippen LogP contribution in [0.4, 0.5) is 0 Å². The summed E-state index contributed by atoms with van der Waals surface area (Å²) in [6.07, 6.45) is 1.76. The fraction of sp³-hybridized carbons (Fsp3) is 0.846. The summed E-state index contributed by atoms with van der Waals surface area (Å²) in [6, 6.07) is 0.470. The summed E-state index contributed by atoms with van der Waals surface area (Å²) >= 11 is 0. The van der Waals surface area contributed by atoms with Crippen molar-refractivity contribution in [2.24, 2.45) is 0 Å². The van der Waals surface area contributed by atoms with E-state index >= 15 is 0 Å². The standard InChI is InChI=1S/C13H24N4O2/c1-4-14-10(2)5-6-12-15-13(16-19-12)11-9-17(3)7-8-18-11/h10-11,14H,4-9H2,1-3H3. The predicted octanol–water partition coefficient (Wildman–Crippen LogP) is 1.00. The molecule has 0 spiro atoms. The number of nitrogens with one attached hydrogen (secondary N) is 1. The van der Waals surface area contributed by atoms with Gasteiger partial charge >= 0.3 is 0 Å². The maximum absolute atomic E-state index is 5.67. The zero-order chi connectivity index (χ0) is 13.7. The molecule has 0 aliphatic carbocycles. The Morgan fingerprint density at radius 2 is 2.37 bits per heavy atom. The second-order valence-corrected chi connectivity index (χ2v) is 5.17. The van der Waals surface area contributed by atoms with E-state index in [4.69, 9.17) is 9.26 Å². The third-order valence-electron chi connectivity index (χ3n) is 3.39. The average Bonchev–Trinajstić information content (AvgIpc) is 2.85. The lowest BCUT2D eigenvalue weighted by Crippen LogP contribution is -2.35. The van der Waals surface area contributed by atoms with Gasteiger partial charge in [-0.15, -0.1) is 0 Å². The van der Waals surface area contributed by atoms with Gasteiger partial charge in [-0.25, -0.2) is 0 Å². The van der Waals surface area contributed by atoms with Crippen LogP contribution in [0.1, 0.15) is 38.1 Å². The van der Waals surface area contributed by atoms with Crippen LogP contribution in [-0.2, 0) is 11.2 Å². The van der Waals surface area contributed by atoms with Crippen LogP contribution in [-0.4, -0.2) is 54.4 Å².